The maximum Gasteiger partial charge on any atom is 0.268 e. The highest BCUT2D eigenvalue weighted by Crippen LogP contribution is 2.33. The number of nitrogens with zero attached hydrogens (tertiary/aromatic N) is 3. The molecular formula is C14H24N4OS. The van der Waals surface area contributed by atoms with Crippen molar-refractivity contribution in [3.63, 3.8) is 0 Å². The molecule has 2 rings (SSSR count). The Balaban J connectivity index is 2.14. The Hall–Kier alpha value is -1.30. The lowest BCUT2D eigenvalue weighted by Gasteiger charge is -2.22. The molecule has 1 aromatic rings. The van der Waals surface area contributed by atoms with Gasteiger partial charge in [0, 0.05) is 26.7 Å². The van der Waals surface area contributed by atoms with E-state index in [1.165, 1.54) is 11.3 Å². The van der Waals surface area contributed by atoms with E-state index in [1.54, 1.807) is 0 Å². The van der Waals surface area contributed by atoms with Gasteiger partial charge in [-0.05, 0) is 25.2 Å². The van der Waals surface area contributed by atoms with Gasteiger partial charge in [-0.1, -0.05) is 25.2 Å². The zero-order valence-corrected chi connectivity index (χ0v) is 13.5. The van der Waals surface area contributed by atoms with Crippen molar-refractivity contribution in [3.05, 3.63) is 4.88 Å². The van der Waals surface area contributed by atoms with Crippen molar-refractivity contribution < 1.29 is 4.79 Å². The molecule has 0 saturated heterocycles. The van der Waals surface area contributed by atoms with Gasteiger partial charge in [-0.3, -0.25) is 4.79 Å². The van der Waals surface area contributed by atoms with Crippen LogP contribution < -0.4 is 10.6 Å². The van der Waals surface area contributed by atoms with E-state index < -0.39 is 0 Å². The molecule has 112 valence electrons. The van der Waals surface area contributed by atoms with E-state index in [0.29, 0.717) is 22.7 Å². The van der Waals surface area contributed by atoms with Crippen LogP contribution in [0.1, 0.15) is 42.8 Å². The largest absolute Gasteiger partial charge is 0.382 e. The number of thiazole rings is 1. The first-order valence-corrected chi connectivity index (χ1v) is 7.96. The average molecular weight is 296 g/mol. The number of carbonyl (C=O) groups is 1. The molecule has 0 radical (unpaired) electrons. The van der Waals surface area contributed by atoms with Crippen LogP contribution in [0.4, 0.5) is 10.9 Å². The minimum atomic E-state index is 0.0521. The summed E-state index contributed by atoms with van der Waals surface area (Å²) in [4.78, 5) is 21.4. The molecule has 1 fully saturated rings. The number of anilines is 2. The summed E-state index contributed by atoms with van der Waals surface area (Å²) in [7, 11) is 3.81. The fourth-order valence-corrected chi connectivity index (χ4v) is 2.89. The van der Waals surface area contributed by atoms with Gasteiger partial charge in [0.15, 0.2) is 5.13 Å². The molecule has 1 amide bonds. The highest BCUT2D eigenvalue weighted by atomic mass is 32.1. The number of hydrogen-bond donors (Lipinski definition) is 1. The third-order valence-corrected chi connectivity index (χ3v) is 4.64. The molecule has 0 bridgehead atoms. The molecule has 1 heterocycles. The third kappa shape index (κ3) is 3.42. The van der Waals surface area contributed by atoms with Crippen LogP contribution in [0, 0.1) is 5.92 Å². The van der Waals surface area contributed by atoms with E-state index in [1.807, 2.05) is 23.9 Å². The Labute approximate surface area is 124 Å². The lowest BCUT2D eigenvalue weighted by molar-refractivity contribution is 0.0741. The molecule has 1 aliphatic carbocycles. The summed E-state index contributed by atoms with van der Waals surface area (Å²) in [5, 5.41) is 0.783. The summed E-state index contributed by atoms with van der Waals surface area (Å²) in [5.74, 6) is 1.01. The van der Waals surface area contributed by atoms with Crippen molar-refractivity contribution in [1.82, 2.24) is 9.88 Å². The number of rotatable bonds is 6. The Kier molecular flexibility index (Phi) is 4.52. The summed E-state index contributed by atoms with van der Waals surface area (Å²) in [5.41, 5.74) is 5.92. The fraction of sp³-hybridized carbons (Fsp3) is 0.714. The van der Waals surface area contributed by atoms with Gasteiger partial charge in [0.25, 0.3) is 5.91 Å². The van der Waals surface area contributed by atoms with Gasteiger partial charge in [0.2, 0.25) is 0 Å². The van der Waals surface area contributed by atoms with Crippen molar-refractivity contribution in [2.24, 2.45) is 5.92 Å². The molecule has 1 aromatic heterocycles. The van der Waals surface area contributed by atoms with E-state index in [9.17, 15) is 4.79 Å². The van der Waals surface area contributed by atoms with Gasteiger partial charge in [0.05, 0.1) is 0 Å². The van der Waals surface area contributed by atoms with Crippen LogP contribution in [0.15, 0.2) is 0 Å². The van der Waals surface area contributed by atoms with Crippen LogP contribution >= 0.6 is 11.3 Å². The quantitative estimate of drug-likeness (QED) is 0.876. The molecule has 2 N–H and O–H groups in total. The lowest BCUT2D eigenvalue weighted by Crippen LogP contribution is -2.34. The van der Waals surface area contributed by atoms with Crippen LogP contribution in [-0.4, -0.2) is 42.5 Å². The minimum absolute atomic E-state index is 0.0521. The maximum absolute atomic E-state index is 12.7. The summed E-state index contributed by atoms with van der Waals surface area (Å²) in [6.45, 7) is 5.18. The fourth-order valence-electron chi connectivity index (χ4n) is 2.03. The second-order valence-corrected chi connectivity index (χ2v) is 6.99. The van der Waals surface area contributed by atoms with Crippen molar-refractivity contribution >= 4 is 28.2 Å². The molecule has 0 spiro atoms. The normalized spacial score (nSPS) is 14.7. The zero-order valence-electron chi connectivity index (χ0n) is 12.7. The third-order valence-electron chi connectivity index (χ3n) is 3.41. The number of hydrogen-bond acceptors (Lipinski definition) is 5. The summed E-state index contributed by atoms with van der Waals surface area (Å²) in [6.07, 6.45) is 3.26. The lowest BCUT2D eigenvalue weighted by atomic mass is 10.1. The van der Waals surface area contributed by atoms with Crippen molar-refractivity contribution in [2.75, 3.05) is 31.3 Å². The van der Waals surface area contributed by atoms with Crippen molar-refractivity contribution in [1.29, 1.82) is 0 Å². The highest BCUT2D eigenvalue weighted by Gasteiger charge is 2.34. The zero-order chi connectivity index (χ0) is 14.9. The van der Waals surface area contributed by atoms with Gasteiger partial charge >= 0.3 is 0 Å². The summed E-state index contributed by atoms with van der Waals surface area (Å²) < 4.78 is 0. The number of amides is 1. The van der Waals surface area contributed by atoms with Gasteiger partial charge in [-0.15, -0.1) is 0 Å². The van der Waals surface area contributed by atoms with Gasteiger partial charge in [-0.25, -0.2) is 4.98 Å². The van der Waals surface area contributed by atoms with E-state index in [-0.39, 0.29) is 5.91 Å². The molecule has 6 heteroatoms. The minimum Gasteiger partial charge on any atom is -0.382 e. The second-order valence-electron chi connectivity index (χ2n) is 6.02. The number of carbonyl (C=O) groups excluding carboxylic acids is 1. The average Bonchev–Trinajstić information content (AvgIpc) is 3.11. The van der Waals surface area contributed by atoms with E-state index in [0.717, 1.165) is 30.9 Å². The number of aromatic nitrogens is 1. The van der Waals surface area contributed by atoms with Crippen LogP contribution in [0.2, 0.25) is 0 Å². The van der Waals surface area contributed by atoms with Crippen molar-refractivity contribution in [2.45, 2.75) is 39.2 Å². The van der Waals surface area contributed by atoms with Crippen LogP contribution in [0.25, 0.3) is 0 Å². The van der Waals surface area contributed by atoms with Crippen molar-refractivity contribution in [3.8, 4) is 0 Å². The second kappa shape index (κ2) is 5.99. The molecule has 0 aromatic carbocycles. The first-order chi connectivity index (χ1) is 9.40. The number of nitrogens with two attached hydrogens (primary N) is 1. The predicted molar refractivity (Wildman–Crippen MR) is 84.4 cm³/mol. The Morgan fingerprint density at radius 3 is 2.55 bits per heavy atom. The van der Waals surface area contributed by atoms with Crippen LogP contribution in [0.5, 0.6) is 0 Å². The molecule has 1 saturated carbocycles. The summed E-state index contributed by atoms with van der Waals surface area (Å²) in [6, 6.07) is 0.408. The highest BCUT2D eigenvalue weighted by molar-refractivity contribution is 7.18. The monoisotopic (exact) mass is 296 g/mol. The van der Waals surface area contributed by atoms with Crippen LogP contribution in [-0.2, 0) is 0 Å². The summed E-state index contributed by atoms with van der Waals surface area (Å²) >= 11 is 1.38. The molecule has 5 nitrogen and oxygen atoms in total. The molecular weight excluding hydrogens is 272 g/mol. The molecule has 20 heavy (non-hydrogen) atoms. The predicted octanol–water partition coefficient (Wildman–Crippen LogP) is 2.44. The van der Waals surface area contributed by atoms with E-state index in [2.05, 4.69) is 18.8 Å². The van der Waals surface area contributed by atoms with Gasteiger partial charge in [0.1, 0.15) is 10.7 Å². The Morgan fingerprint density at radius 1 is 1.45 bits per heavy atom. The smallest absolute Gasteiger partial charge is 0.268 e. The molecule has 0 atom stereocenters. The van der Waals surface area contributed by atoms with Gasteiger partial charge in [-0.2, -0.15) is 0 Å². The van der Waals surface area contributed by atoms with E-state index >= 15 is 0 Å². The SMILES string of the molecule is CC(C)CCN(C(=O)c1sc(N(C)C)nc1N)C1CC1. The molecule has 0 aliphatic heterocycles. The molecule has 0 unspecified atom stereocenters. The first kappa shape index (κ1) is 15.1. The van der Waals surface area contributed by atoms with Gasteiger partial charge < -0.3 is 15.5 Å². The first-order valence-electron chi connectivity index (χ1n) is 7.14. The molecule has 1 aliphatic rings. The maximum atomic E-state index is 12.7. The Bertz CT molecular complexity index is 480. The van der Waals surface area contributed by atoms with Crippen LogP contribution in [0.3, 0.4) is 0 Å². The number of nitrogen functional groups attached to an aromatic ring is 1. The standard InChI is InChI=1S/C14H24N4OS/c1-9(2)7-8-18(10-5-6-10)13(19)11-12(15)16-14(20-11)17(3)4/h9-10H,5-8,15H2,1-4H3. The Morgan fingerprint density at radius 2 is 2.10 bits per heavy atom. The van der Waals surface area contributed by atoms with E-state index in [4.69, 9.17) is 5.73 Å². The topological polar surface area (TPSA) is 62.5 Å².